The van der Waals surface area contributed by atoms with Crippen LogP contribution < -0.4 is 5.32 Å². The first-order valence-corrected chi connectivity index (χ1v) is 5.60. The summed E-state index contributed by atoms with van der Waals surface area (Å²) in [5.41, 5.74) is 0.230. The molecule has 0 radical (unpaired) electrons. The van der Waals surface area contributed by atoms with Crippen molar-refractivity contribution in [2.45, 2.75) is 44.1 Å². The topological polar surface area (TPSA) is 21.3 Å². The molecule has 1 saturated carbocycles. The largest absolute Gasteiger partial charge is 0.378 e. The van der Waals surface area contributed by atoms with Gasteiger partial charge in [-0.3, -0.25) is 0 Å². The molecule has 1 aliphatic carbocycles. The lowest BCUT2D eigenvalue weighted by atomic mass is 9.86. The van der Waals surface area contributed by atoms with Crippen LogP contribution in [0.5, 0.6) is 0 Å². The summed E-state index contributed by atoms with van der Waals surface area (Å²) in [5.74, 6) is 1.04. The van der Waals surface area contributed by atoms with E-state index in [0.29, 0.717) is 0 Å². The SMILES string of the molecule is COC1(CCC2CC2)CCNCC1. The van der Waals surface area contributed by atoms with Crippen LogP contribution in [-0.2, 0) is 4.74 Å². The fraction of sp³-hybridized carbons (Fsp3) is 1.00. The highest BCUT2D eigenvalue weighted by atomic mass is 16.5. The summed E-state index contributed by atoms with van der Waals surface area (Å²) in [6.45, 7) is 2.27. The van der Waals surface area contributed by atoms with Crippen molar-refractivity contribution in [3.05, 3.63) is 0 Å². The number of piperidine rings is 1. The Morgan fingerprint density at radius 1 is 1.31 bits per heavy atom. The molecular weight excluding hydrogens is 162 g/mol. The monoisotopic (exact) mass is 183 g/mol. The highest BCUT2D eigenvalue weighted by Gasteiger charge is 2.33. The van der Waals surface area contributed by atoms with Crippen LogP contribution in [-0.4, -0.2) is 25.8 Å². The summed E-state index contributed by atoms with van der Waals surface area (Å²) in [7, 11) is 1.89. The molecule has 0 spiro atoms. The van der Waals surface area contributed by atoms with E-state index in [4.69, 9.17) is 4.74 Å². The lowest BCUT2D eigenvalue weighted by molar-refractivity contribution is -0.0425. The van der Waals surface area contributed by atoms with Gasteiger partial charge in [0.1, 0.15) is 0 Å². The molecule has 0 unspecified atom stereocenters. The number of methoxy groups -OCH3 is 1. The smallest absolute Gasteiger partial charge is 0.0703 e. The van der Waals surface area contributed by atoms with Gasteiger partial charge in [0.2, 0.25) is 0 Å². The molecule has 2 nitrogen and oxygen atoms in total. The third-order valence-corrected chi connectivity index (χ3v) is 3.65. The number of hydrogen-bond acceptors (Lipinski definition) is 2. The maximum Gasteiger partial charge on any atom is 0.0703 e. The van der Waals surface area contributed by atoms with Gasteiger partial charge in [-0.15, -0.1) is 0 Å². The molecule has 1 aliphatic heterocycles. The van der Waals surface area contributed by atoms with Gasteiger partial charge in [0.15, 0.2) is 0 Å². The first-order chi connectivity index (χ1) is 6.35. The van der Waals surface area contributed by atoms with Crippen LogP contribution in [0.3, 0.4) is 0 Å². The van der Waals surface area contributed by atoms with Crippen LogP contribution in [0.2, 0.25) is 0 Å². The maximum atomic E-state index is 5.72. The predicted molar refractivity (Wildman–Crippen MR) is 53.8 cm³/mol. The van der Waals surface area contributed by atoms with E-state index in [0.717, 1.165) is 19.0 Å². The van der Waals surface area contributed by atoms with Gasteiger partial charge in [-0.1, -0.05) is 12.8 Å². The zero-order chi connectivity index (χ0) is 9.15. The van der Waals surface area contributed by atoms with E-state index in [9.17, 15) is 0 Å². The van der Waals surface area contributed by atoms with Crippen molar-refractivity contribution in [2.24, 2.45) is 5.92 Å². The molecule has 0 aromatic heterocycles. The Labute approximate surface area is 81.0 Å². The van der Waals surface area contributed by atoms with Crippen LogP contribution in [0.15, 0.2) is 0 Å². The molecule has 0 aromatic rings. The van der Waals surface area contributed by atoms with Crippen LogP contribution in [0.4, 0.5) is 0 Å². The van der Waals surface area contributed by atoms with Crippen LogP contribution >= 0.6 is 0 Å². The average molecular weight is 183 g/mol. The summed E-state index contributed by atoms with van der Waals surface area (Å²) in [6.07, 6.45) is 8.03. The molecule has 0 amide bonds. The highest BCUT2D eigenvalue weighted by molar-refractivity contribution is 4.88. The Kier molecular flexibility index (Phi) is 2.89. The summed E-state index contributed by atoms with van der Waals surface area (Å²) >= 11 is 0. The molecule has 76 valence electrons. The quantitative estimate of drug-likeness (QED) is 0.719. The normalized spacial score (nSPS) is 27.5. The highest BCUT2D eigenvalue weighted by Crippen LogP contribution is 2.38. The zero-order valence-corrected chi connectivity index (χ0v) is 8.64. The van der Waals surface area contributed by atoms with Crippen molar-refractivity contribution in [3.63, 3.8) is 0 Å². The Bertz CT molecular complexity index is 159. The second-order valence-electron chi connectivity index (χ2n) is 4.62. The minimum absolute atomic E-state index is 0.230. The first-order valence-electron chi connectivity index (χ1n) is 5.60. The van der Waals surface area contributed by atoms with Gasteiger partial charge in [-0.2, -0.15) is 0 Å². The summed E-state index contributed by atoms with van der Waals surface area (Å²) < 4.78 is 5.72. The maximum absolute atomic E-state index is 5.72. The third-order valence-electron chi connectivity index (χ3n) is 3.65. The molecule has 0 bridgehead atoms. The lowest BCUT2D eigenvalue weighted by Crippen LogP contribution is -2.43. The van der Waals surface area contributed by atoms with Crippen molar-refractivity contribution < 1.29 is 4.74 Å². The third kappa shape index (κ3) is 2.44. The molecule has 1 heterocycles. The molecular formula is C11H21NO. The van der Waals surface area contributed by atoms with E-state index in [1.165, 1.54) is 38.5 Å². The van der Waals surface area contributed by atoms with Gasteiger partial charge >= 0.3 is 0 Å². The number of hydrogen-bond donors (Lipinski definition) is 1. The van der Waals surface area contributed by atoms with Gasteiger partial charge < -0.3 is 10.1 Å². The fourth-order valence-corrected chi connectivity index (χ4v) is 2.31. The Morgan fingerprint density at radius 3 is 2.54 bits per heavy atom. The summed E-state index contributed by atoms with van der Waals surface area (Å²) in [5, 5.41) is 3.40. The van der Waals surface area contributed by atoms with Gasteiger partial charge in [0.05, 0.1) is 5.60 Å². The number of nitrogens with one attached hydrogen (secondary N) is 1. The van der Waals surface area contributed by atoms with Crippen LogP contribution in [0.25, 0.3) is 0 Å². The molecule has 0 atom stereocenters. The van der Waals surface area contributed by atoms with Gasteiger partial charge in [0.25, 0.3) is 0 Å². The first kappa shape index (κ1) is 9.47. The molecule has 0 aromatic carbocycles. The fourth-order valence-electron chi connectivity index (χ4n) is 2.31. The summed E-state index contributed by atoms with van der Waals surface area (Å²) in [4.78, 5) is 0. The molecule has 2 aliphatic rings. The average Bonchev–Trinajstić information content (AvgIpc) is 3.00. The standard InChI is InChI=1S/C11H21NO/c1-13-11(5-4-10-2-3-10)6-8-12-9-7-11/h10,12H,2-9H2,1H3. The van der Waals surface area contributed by atoms with Gasteiger partial charge in [0, 0.05) is 7.11 Å². The molecule has 1 saturated heterocycles. The van der Waals surface area contributed by atoms with E-state index in [-0.39, 0.29) is 5.60 Å². The van der Waals surface area contributed by atoms with Gasteiger partial charge in [-0.05, 0) is 44.7 Å². The van der Waals surface area contributed by atoms with Crippen molar-refractivity contribution in [1.82, 2.24) is 5.32 Å². The van der Waals surface area contributed by atoms with E-state index >= 15 is 0 Å². The zero-order valence-electron chi connectivity index (χ0n) is 8.64. The summed E-state index contributed by atoms with van der Waals surface area (Å²) in [6, 6.07) is 0. The molecule has 13 heavy (non-hydrogen) atoms. The molecule has 2 rings (SSSR count). The van der Waals surface area contributed by atoms with E-state index in [1.54, 1.807) is 0 Å². The van der Waals surface area contributed by atoms with Crippen molar-refractivity contribution in [1.29, 1.82) is 0 Å². The van der Waals surface area contributed by atoms with Crippen molar-refractivity contribution in [2.75, 3.05) is 20.2 Å². The Balaban J connectivity index is 1.80. The second-order valence-corrected chi connectivity index (χ2v) is 4.62. The van der Waals surface area contributed by atoms with Crippen LogP contribution in [0, 0.1) is 5.92 Å². The van der Waals surface area contributed by atoms with Crippen molar-refractivity contribution >= 4 is 0 Å². The van der Waals surface area contributed by atoms with Gasteiger partial charge in [-0.25, -0.2) is 0 Å². The number of ether oxygens (including phenoxy) is 1. The molecule has 2 heteroatoms. The van der Waals surface area contributed by atoms with Crippen molar-refractivity contribution in [3.8, 4) is 0 Å². The Hall–Kier alpha value is -0.0800. The van der Waals surface area contributed by atoms with E-state index < -0.39 is 0 Å². The van der Waals surface area contributed by atoms with Crippen LogP contribution in [0.1, 0.15) is 38.5 Å². The minimum Gasteiger partial charge on any atom is -0.378 e. The van der Waals surface area contributed by atoms with E-state index in [2.05, 4.69) is 5.32 Å². The number of rotatable bonds is 4. The second kappa shape index (κ2) is 3.97. The predicted octanol–water partition coefficient (Wildman–Crippen LogP) is 1.95. The molecule has 1 N–H and O–H groups in total. The Morgan fingerprint density at radius 2 is 2.00 bits per heavy atom. The minimum atomic E-state index is 0.230. The lowest BCUT2D eigenvalue weighted by Gasteiger charge is -2.36. The molecule has 2 fully saturated rings. The van der Waals surface area contributed by atoms with E-state index in [1.807, 2.05) is 7.11 Å².